The number of aromatic nitrogens is 5. The number of carbonyl (C=O) groups excluding carboxylic acids is 1. The summed E-state index contributed by atoms with van der Waals surface area (Å²) < 4.78 is 62.7. The van der Waals surface area contributed by atoms with Crippen LogP contribution >= 0.6 is 0 Å². The van der Waals surface area contributed by atoms with Crippen LogP contribution in [0.3, 0.4) is 0 Å². The number of alkyl halides is 3. The van der Waals surface area contributed by atoms with E-state index in [9.17, 15) is 22.4 Å². The van der Waals surface area contributed by atoms with E-state index in [1.807, 2.05) is 6.92 Å². The maximum Gasteiger partial charge on any atom is 0.417 e. The van der Waals surface area contributed by atoms with Crippen LogP contribution in [0.4, 0.5) is 28.0 Å². The molecule has 3 heterocycles. The van der Waals surface area contributed by atoms with Gasteiger partial charge in [-0.05, 0) is 30.9 Å². The van der Waals surface area contributed by atoms with Gasteiger partial charge in [0.15, 0.2) is 5.82 Å². The largest absolute Gasteiger partial charge is 0.423 e. The van der Waals surface area contributed by atoms with Gasteiger partial charge in [0.25, 0.3) is 0 Å². The maximum atomic E-state index is 14.8. The minimum absolute atomic E-state index is 0.134. The average Bonchev–Trinajstić information content (AvgIpc) is 3.42. The normalized spacial score (nSPS) is 23.8. The van der Waals surface area contributed by atoms with Crippen LogP contribution in [0.15, 0.2) is 22.9 Å². The Kier molecular flexibility index (Phi) is 5.33. The van der Waals surface area contributed by atoms with Gasteiger partial charge in [-0.3, -0.25) is 4.68 Å². The Bertz CT molecular complexity index is 1290. The van der Waals surface area contributed by atoms with Gasteiger partial charge >= 0.3 is 12.2 Å². The third-order valence-corrected chi connectivity index (χ3v) is 6.64. The number of nitrogens with zero attached hydrogens (tertiary/aromatic N) is 6. The number of hydrogen-bond acceptors (Lipinski definition) is 6. The van der Waals surface area contributed by atoms with E-state index >= 15 is 0 Å². The molecular weight excluding hydrogens is 470 g/mol. The smallest absolute Gasteiger partial charge is 0.417 e. The summed E-state index contributed by atoms with van der Waals surface area (Å²) in [6.07, 6.45) is -1.13. The number of anilines is 1. The number of amides is 2. The van der Waals surface area contributed by atoms with Gasteiger partial charge in [0, 0.05) is 31.5 Å². The number of likely N-dealkylation sites (tertiary alicyclic amines) is 1. The van der Waals surface area contributed by atoms with Crippen LogP contribution < -0.4 is 5.32 Å². The number of carbonyl (C=O) groups is 1. The molecule has 3 atom stereocenters. The van der Waals surface area contributed by atoms with E-state index in [0.717, 1.165) is 12.5 Å². The third-order valence-electron chi connectivity index (χ3n) is 6.64. The van der Waals surface area contributed by atoms with Crippen molar-refractivity contribution in [1.82, 2.24) is 29.9 Å². The highest BCUT2D eigenvalue weighted by atomic mass is 19.4. The van der Waals surface area contributed by atoms with Crippen LogP contribution in [0.5, 0.6) is 0 Å². The minimum atomic E-state index is -4.85. The molecule has 1 saturated carbocycles. The average molecular weight is 493 g/mol. The Morgan fingerprint density at radius 2 is 2.06 bits per heavy atom. The molecule has 2 aromatic heterocycles. The molecule has 1 aliphatic carbocycles. The lowest BCUT2D eigenvalue weighted by molar-refractivity contribution is -0.137. The number of piperidine rings is 1. The first kappa shape index (κ1) is 23.2. The molecule has 1 aliphatic heterocycles. The molecule has 9 nitrogen and oxygen atoms in total. The highest BCUT2D eigenvalue weighted by Crippen LogP contribution is 2.55. The van der Waals surface area contributed by atoms with Crippen molar-refractivity contribution in [3.63, 3.8) is 0 Å². The molecule has 0 spiro atoms. The first-order chi connectivity index (χ1) is 16.5. The molecule has 13 heteroatoms. The van der Waals surface area contributed by atoms with Crippen molar-refractivity contribution in [2.45, 2.75) is 57.3 Å². The van der Waals surface area contributed by atoms with Crippen LogP contribution in [0.25, 0.3) is 11.4 Å². The second-order valence-electron chi connectivity index (χ2n) is 9.21. The fourth-order valence-corrected chi connectivity index (χ4v) is 5.26. The standard InChI is InChI=1S/C22H23F4N7O2/c1-4-17-29-30-19(35-17)21-8-11(2)5-12(9-21)33(21)20(34)28-16-6-13(18-27-10-32(3)31-18)14(7-15(16)23)22(24,25)26/h6-7,10-12H,4-5,8-9H2,1-3H3,(H,28,34)/t11-,12-,21+/m1/s1. The molecule has 5 rings (SSSR count). The molecule has 3 aromatic rings. The summed E-state index contributed by atoms with van der Waals surface area (Å²) in [5, 5.41) is 14.5. The number of urea groups is 1. The van der Waals surface area contributed by atoms with Crippen molar-refractivity contribution in [2.24, 2.45) is 13.0 Å². The molecular formula is C22H23F4N7O2. The SMILES string of the molecule is CCc1nnc([C@]23C[C@H](C)C[C@H](C2)N3C(=O)Nc2cc(-c3ncn(C)n3)c(C(F)(F)F)cc2F)o1. The Balaban J connectivity index is 1.49. The topological polar surface area (TPSA) is 102 Å². The lowest BCUT2D eigenvalue weighted by Gasteiger charge is -2.61. The predicted molar refractivity (Wildman–Crippen MR) is 114 cm³/mol. The summed E-state index contributed by atoms with van der Waals surface area (Å²) in [5.74, 6) is -0.403. The van der Waals surface area contributed by atoms with Gasteiger partial charge in [0.1, 0.15) is 17.7 Å². The van der Waals surface area contributed by atoms with Crippen molar-refractivity contribution >= 4 is 11.7 Å². The molecule has 2 fully saturated rings. The van der Waals surface area contributed by atoms with Gasteiger partial charge in [0.2, 0.25) is 11.8 Å². The second-order valence-corrected chi connectivity index (χ2v) is 9.21. The van der Waals surface area contributed by atoms with Crippen molar-refractivity contribution in [3.05, 3.63) is 41.6 Å². The Morgan fingerprint density at radius 1 is 1.29 bits per heavy atom. The number of hydrogen-bond donors (Lipinski definition) is 1. The molecule has 35 heavy (non-hydrogen) atoms. The highest BCUT2D eigenvalue weighted by molar-refractivity contribution is 5.92. The Morgan fingerprint density at radius 3 is 2.69 bits per heavy atom. The number of benzene rings is 1. The van der Waals surface area contributed by atoms with Gasteiger partial charge in [-0.15, -0.1) is 10.2 Å². The van der Waals surface area contributed by atoms with Gasteiger partial charge in [0.05, 0.1) is 11.3 Å². The second kappa shape index (κ2) is 8.02. The number of fused-ring (bicyclic) bond motifs is 2. The van der Waals surface area contributed by atoms with Crippen molar-refractivity contribution in [1.29, 1.82) is 0 Å². The number of rotatable bonds is 4. The van der Waals surface area contributed by atoms with Crippen LogP contribution in [-0.2, 0) is 25.2 Å². The van der Waals surface area contributed by atoms with Crippen molar-refractivity contribution < 1.29 is 26.8 Å². The van der Waals surface area contributed by atoms with E-state index in [4.69, 9.17) is 4.42 Å². The van der Waals surface area contributed by atoms with E-state index in [1.54, 1.807) is 4.90 Å². The summed E-state index contributed by atoms with van der Waals surface area (Å²) in [5.41, 5.74) is -2.91. The van der Waals surface area contributed by atoms with Crippen LogP contribution in [0.1, 0.15) is 50.5 Å². The number of halogens is 4. The van der Waals surface area contributed by atoms with E-state index in [1.165, 1.54) is 18.1 Å². The fourth-order valence-electron chi connectivity index (χ4n) is 5.26. The quantitative estimate of drug-likeness (QED) is 0.537. The lowest BCUT2D eigenvalue weighted by atomic mass is 9.64. The van der Waals surface area contributed by atoms with Gasteiger partial charge in [-0.25, -0.2) is 14.2 Å². The minimum Gasteiger partial charge on any atom is -0.423 e. The van der Waals surface area contributed by atoms with Crippen molar-refractivity contribution in [3.8, 4) is 11.4 Å². The molecule has 2 aliphatic rings. The zero-order valence-electron chi connectivity index (χ0n) is 19.2. The monoisotopic (exact) mass is 493 g/mol. The Labute approximate surface area is 197 Å². The summed E-state index contributed by atoms with van der Waals surface area (Å²) in [6, 6.07) is 0.480. The van der Waals surface area contributed by atoms with Crippen LogP contribution in [-0.4, -0.2) is 41.9 Å². The fraction of sp³-hybridized carbons (Fsp3) is 0.500. The molecule has 1 N–H and O–H groups in total. The van der Waals surface area contributed by atoms with Crippen LogP contribution in [0, 0.1) is 11.7 Å². The van der Waals surface area contributed by atoms with Gasteiger partial charge in [-0.2, -0.15) is 18.3 Å². The zero-order valence-corrected chi connectivity index (χ0v) is 19.2. The Hall–Kier alpha value is -3.51. The number of aryl methyl sites for hydroxylation is 2. The van der Waals surface area contributed by atoms with E-state index in [0.29, 0.717) is 43.0 Å². The molecule has 186 valence electrons. The summed E-state index contributed by atoms with van der Waals surface area (Å²) >= 11 is 0. The maximum absolute atomic E-state index is 14.8. The first-order valence-electron chi connectivity index (χ1n) is 11.2. The van der Waals surface area contributed by atoms with Gasteiger partial charge in [-0.1, -0.05) is 13.8 Å². The molecule has 2 amide bonds. The summed E-state index contributed by atoms with van der Waals surface area (Å²) in [6.45, 7) is 3.93. The number of nitrogens with one attached hydrogen (secondary N) is 1. The van der Waals surface area contributed by atoms with Crippen molar-refractivity contribution in [2.75, 3.05) is 5.32 Å². The molecule has 2 bridgehead atoms. The van der Waals surface area contributed by atoms with Gasteiger partial charge < -0.3 is 14.6 Å². The molecule has 1 aromatic carbocycles. The van der Waals surface area contributed by atoms with E-state index < -0.39 is 40.4 Å². The summed E-state index contributed by atoms with van der Waals surface area (Å²) in [4.78, 5) is 18.8. The molecule has 0 radical (unpaired) electrons. The highest BCUT2D eigenvalue weighted by Gasteiger charge is 2.62. The van der Waals surface area contributed by atoms with E-state index in [2.05, 4.69) is 32.5 Å². The zero-order chi connectivity index (χ0) is 25.1. The predicted octanol–water partition coefficient (Wildman–Crippen LogP) is 4.52. The summed E-state index contributed by atoms with van der Waals surface area (Å²) in [7, 11) is 1.50. The van der Waals surface area contributed by atoms with Crippen LogP contribution in [0.2, 0.25) is 0 Å². The molecule has 1 saturated heterocycles. The third kappa shape index (κ3) is 3.82. The molecule has 0 unspecified atom stereocenters. The van der Waals surface area contributed by atoms with E-state index in [-0.39, 0.29) is 11.9 Å². The first-order valence-corrected chi connectivity index (χ1v) is 11.2. The lowest BCUT2D eigenvalue weighted by Crippen LogP contribution is -2.70.